The summed E-state index contributed by atoms with van der Waals surface area (Å²) in [5.74, 6) is 0.963. The van der Waals surface area contributed by atoms with Crippen LogP contribution in [0.3, 0.4) is 0 Å². The lowest BCUT2D eigenvalue weighted by molar-refractivity contribution is 0.407. The zero-order valence-corrected chi connectivity index (χ0v) is 9.37. The molecule has 0 spiro atoms. The third-order valence-electron chi connectivity index (χ3n) is 2.96. The van der Waals surface area contributed by atoms with Gasteiger partial charge in [-0.3, -0.25) is 5.41 Å². The molecule has 1 saturated heterocycles. The fraction of sp³-hybridized carbons (Fsp3) is 0.800. The number of rotatable bonds is 1. The van der Waals surface area contributed by atoms with Crippen LogP contribution < -0.4 is 11.5 Å². The molecule has 1 rings (SSSR count). The monoisotopic (exact) mass is 211 g/mol. The van der Waals surface area contributed by atoms with Crippen LogP contribution in [-0.2, 0) is 0 Å². The van der Waals surface area contributed by atoms with Crippen molar-refractivity contribution in [1.29, 1.82) is 5.41 Å². The van der Waals surface area contributed by atoms with Gasteiger partial charge in [0.1, 0.15) is 0 Å². The van der Waals surface area contributed by atoms with E-state index in [4.69, 9.17) is 16.9 Å². The van der Waals surface area contributed by atoms with Crippen molar-refractivity contribution in [2.45, 2.75) is 32.6 Å². The maximum Gasteiger partial charge on any atom is 0.221 e. The van der Waals surface area contributed by atoms with E-state index >= 15 is 0 Å². The fourth-order valence-electron chi connectivity index (χ4n) is 1.98. The molecule has 0 aliphatic carbocycles. The number of nitrogens with one attached hydrogen (secondary N) is 1. The van der Waals surface area contributed by atoms with Gasteiger partial charge in [-0.1, -0.05) is 13.3 Å². The summed E-state index contributed by atoms with van der Waals surface area (Å²) in [4.78, 5) is 5.73. The van der Waals surface area contributed by atoms with Gasteiger partial charge in [-0.05, 0) is 25.2 Å². The van der Waals surface area contributed by atoms with Gasteiger partial charge >= 0.3 is 0 Å². The van der Waals surface area contributed by atoms with Gasteiger partial charge in [0.25, 0.3) is 0 Å². The Hall–Kier alpha value is -1.26. The Balaban J connectivity index is 2.50. The number of likely N-dealkylation sites (tertiary alicyclic amines) is 1. The summed E-state index contributed by atoms with van der Waals surface area (Å²) in [5.41, 5.74) is 10.5. The van der Waals surface area contributed by atoms with Crippen LogP contribution in [0, 0.1) is 11.3 Å². The van der Waals surface area contributed by atoms with Crippen molar-refractivity contribution in [1.82, 2.24) is 4.90 Å². The summed E-state index contributed by atoms with van der Waals surface area (Å²) in [6.45, 7) is 4.02. The van der Waals surface area contributed by atoms with Crippen LogP contribution in [0.25, 0.3) is 0 Å². The number of hydrogen-bond acceptors (Lipinski definition) is 1. The molecule has 5 N–H and O–H groups in total. The molecule has 0 aromatic carbocycles. The van der Waals surface area contributed by atoms with E-state index in [9.17, 15) is 0 Å². The largest absolute Gasteiger partial charge is 0.370 e. The molecule has 0 amide bonds. The predicted molar refractivity (Wildman–Crippen MR) is 62.7 cm³/mol. The minimum atomic E-state index is -0.0312. The molecule has 1 atom stereocenters. The maximum absolute atomic E-state index is 7.71. The fourth-order valence-corrected chi connectivity index (χ4v) is 1.98. The normalized spacial score (nSPS) is 21.9. The molecule has 0 aromatic rings. The second-order valence-corrected chi connectivity index (χ2v) is 4.05. The number of nitrogens with two attached hydrogens (primary N) is 2. The molecule has 0 radical (unpaired) electrons. The number of nitrogens with zero attached hydrogens (tertiary/aromatic N) is 2. The average Bonchev–Trinajstić information content (AvgIpc) is 2.41. The van der Waals surface area contributed by atoms with Crippen molar-refractivity contribution < 1.29 is 0 Å². The molecular weight excluding hydrogens is 190 g/mol. The Labute approximate surface area is 91.0 Å². The highest BCUT2D eigenvalue weighted by Crippen LogP contribution is 2.20. The van der Waals surface area contributed by atoms with Crippen LogP contribution in [0.2, 0.25) is 0 Å². The Kier molecular flexibility index (Phi) is 4.39. The van der Waals surface area contributed by atoms with E-state index in [0.29, 0.717) is 0 Å². The van der Waals surface area contributed by atoms with E-state index in [0.717, 1.165) is 31.8 Å². The number of guanidine groups is 2. The molecule has 0 saturated carbocycles. The van der Waals surface area contributed by atoms with E-state index in [1.807, 2.05) is 4.90 Å². The lowest BCUT2D eigenvalue weighted by Gasteiger charge is -2.20. The second-order valence-electron chi connectivity index (χ2n) is 4.05. The van der Waals surface area contributed by atoms with Gasteiger partial charge in [0.2, 0.25) is 5.96 Å². The van der Waals surface area contributed by atoms with Crippen molar-refractivity contribution in [2.75, 3.05) is 13.1 Å². The number of aliphatic imine (C=N–C) groups is 1. The summed E-state index contributed by atoms with van der Waals surface area (Å²) in [5, 5.41) is 7.71. The van der Waals surface area contributed by atoms with E-state index < -0.39 is 0 Å². The van der Waals surface area contributed by atoms with Gasteiger partial charge in [0, 0.05) is 13.1 Å². The zero-order chi connectivity index (χ0) is 11.3. The Bertz CT molecular complexity index is 244. The van der Waals surface area contributed by atoms with Crippen LogP contribution in [0.1, 0.15) is 32.6 Å². The van der Waals surface area contributed by atoms with Crippen molar-refractivity contribution in [3.05, 3.63) is 0 Å². The highest BCUT2D eigenvalue weighted by atomic mass is 15.3. The third kappa shape index (κ3) is 3.77. The molecule has 15 heavy (non-hydrogen) atoms. The van der Waals surface area contributed by atoms with Gasteiger partial charge < -0.3 is 16.4 Å². The first-order chi connectivity index (χ1) is 7.13. The quantitative estimate of drug-likeness (QED) is 0.440. The smallest absolute Gasteiger partial charge is 0.221 e. The van der Waals surface area contributed by atoms with Crippen LogP contribution in [-0.4, -0.2) is 29.9 Å². The minimum Gasteiger partial charge on any atom is -0.370 e. The molecular formula is C10H21N5. The van der Waals surface area contributed by atoms with Crippen molar-refractivity contribution in [2.24, 2.45) is 22.4 Å². The first-order valence-electron chi connectivity index (χ1n) is 5.56. The molecule has 1 aliphatic rings. The lowest BCUT2D eigenvalue weighted by Crippen LogP contribution is -2.33. The summed E-state index contributed by atoms with van der Waals surface area (Å²) in [6.07, 6.45) is 4.74. The Morgan fingerprint density at radius 3 is 2.73 bits per heavy atom. The SMILES string of the molecule is CCC1CCCN(C(=N)N=C(N)N)CC1. The van der Waals surface area contributed by atoms with Crippen LogP contribution in [0.4, 0.5) is 0 Å². The molecule has 86 valence electrons. The molecule has 5 nitrogen and oxygen atoms in total. The van der Waals surface area contributed by atoms with Crippen molar-refractivity contribution in [3.63, 3.8) is 0 Å². The number of hydrogen-bond donors (Lipinski definition) is 3. The van der Waals surface area contributed by atoms with Gasteiger partial charge in [-0.25, -0.2) is 0 Å². The van der Waals surface area contributed by atoms with Crippen molar-refractivity contribution >= 4 is 11.9 Å². The summed E-state index contributed by atoms with van der Waals surface area (Å²) >= 11 is 0. The highest BCUT2D eigenvalue weighted by molar-refractivity contribution is 5.91. The third-order valence-corrected chi connectivity index (χ3v) is 2.96. The second kappa shape index (κ2) is 5.58. The zero-order valence-electron chi connectivity index (χ0n) is 9.37. The van der Waals surface area contributed by atoms with E-state index in [1.165, 1.54) is 12.8 Å². The Morgan fingerprint density at radius 2 is 2.13 bits per heavy atom. The van der Waals surface area contributed by atoms with Gasteiger partial charge in [-0.2, -0.15) is 4.99 Å². The van der Waals surface area contributed by atoms with E-state index in [1.54, 1.807) is 0 Å². The van der Waals surface area contributed by atoms with E-state index in [-0.39, 0.29) is 11.9 Å². The van der Waals surface area contributed by atoms with Gasteiger partial charge in [-0.15, -0.1) is 0 Å². The minimum absolute atomic E-state index is 0.0312. The maximum atomic E-state index is 7.71. The topological polar surface area (TPSA) is 91.5 Å². The van der Waals surface area contributed by atoms with Crippen LogP contribution >= 0.6 is 0 Å². The first-order valence-corrected chi connectivity index (χ1v) is 5.56. The summed E-state index contributed by atoms with van der Waals surface area (Å²) < 4.78 is 0. The average molecular weight is 211 g/mol. The first kappa shape index (κ1) is 11.8. The van der Waals surface area contributed by atoms with Gasteiger partial charge in [0.05, 0.1) is 0 Å². The lowest BCUT2D eigenvalue weighted by atomic mass is 9.98. The summed E-state index contributed by atoms with van der Waals surface area (Å²) in [7, 11) is 0. The molecule has 5 heteroatoms. The van der Waals surface area contributed by atoms with Gasteiger partial charge in [0.15, 0.2) is 5.96 Å². The summed E-state index contributed by atoms with van der Waals surface area (Å²) in [6, 6.07) is 0. The predicted octanol–water partition coefficient (Wildman–Crippen LogP) is 0.707. The van der Waals surface area contributed by atoms with Crippen molar-refractivity contribution in [3.8, 4) is 0 Å². The van der Waals surface area contributed by atoms with Crippen LogP contribution in [0.15, 0.2) is 4.99 Å². The molecule has 1 heterocycles. The highest BCUT2D eigenvalue weighted by Gasteiger charge is 2.17. The molecule has 1 unspecified atom stereocenters. The van der Waals surface area contributed by atoms with Crippen LogP contribution in [0.5, 0.6) is 0 Å². The molecule has 1 aliphatic heterocycles. The molecule has 0 bridgehead atoms. The molecule has 1 fully saturated rings. The van der Waals surface area contributed by atoms with E-state index in [2.05, 4.69) is 11.9 Å². The Morgan fingerprint density at radius 1 is 1.40 bits per heavy atom. The standard InChI is InChI=1S/C10H21N5/c1-2-8-4-3-6-15(7-5-8)10(13)14-9(11)12/h8H,2-7H2,1H3,(H5,11,12,13,14). The molecule has 0 aromatic heterocycles.